The Morgan fingerprint density at radius 3 is 2.65 bits per heavy atom. The van der Waals surface area contributed by atoms with E-state index in [4.69, 9.17) is 0 Å². The lowest BCUT2D eigenvalue weighted by Gasteiger charge is -2.50. The van der Waals surface area contributed by atoms with E-state index in [0.29, 0.717) is 23.6 Å². The average molecular weight is 425 g/mol. The largest absolute Gasteiger partial charge is 0.507 e. The SMILES string of the molecule is CN(c1cnc(-c2ccc(-c3cnn(C)c3)cc2O)nn1)[C@H]1CC2C[C@@H](F)C1[C@H](O)N2. The van der Waals surface area contributed by atoms with Gasteiger partial charge in [-0.05, 0) is 30.5 Å². The second-order valence-corrected chi connectivity index (χ2v) is 8.33. The molecule has 3 aliphatic rings. The molecular formula is C21H24FN7O2. The average Bonchev–Trinajstić information content (AvgIpc) is 3.19. The number of hydrogen-bond donors (Lipinski definition) is 3. The Kier molecular flexibility index (Phi) is 4.82. The van der Waals surface area contributed by atoms with Crippen molar-refractivity contribution < 1.29 is 14.6 Å². The third-order valence-corrected chi connectivity index (χ3v) is 6.35. The molecule has 2 unspecified atom stereocenters. The van der Waals surface area contributed by atoms with Gasteiger partial charge in [-0.15, -0.1) is 10.2 Å². The van der Waals surface area contributed by atoms with Gasteiger partial charge < -0.3 is 15.1 Å². The van der Waals surface area contributed by atoms with Crippen LogP contribution in [0.4, 0.5) is 10.2 Å². The van der Waals surface area contributed by atoms with Crippen molar-refractivity contribution >= 4 is 5.82 Å². The number of fused-ring (bicyclic) bond motifs is 3. The van der Waals surface area contributed by atoms with Crippen molar-refractivity contribution in [2.24, 2.45) is 13.0 Å². The number of aromatic nitrogens is 5. The Morgan fingerprint density at radius 2 is 2.03 bits per heavy atom. The maximum absolute atomic E-state index is 14.4. The normalized spacial score (nSPS) is 27.4. The van der Waals surface area contributed by atoms with Crippen LogP contribution >= 0.6 is 0 Å². The summed E-state index contributed by atoms with van der Waals surface area (Å²) in [6.07, 6.45) is 4.37. The molecule has 1 aromatic carbocycles. The first-order chi connectivity index (χ1) is 14.9. The molecule has 6 rings (SSSR count). The number of hydrogen-bond acceptors (Lipinski definition) is 8. The van der Waals surface area contributed by atoms with Crippen LogP contribution in [0.25, 0.3) is 22.5 Å². The molecule has 3 aromatic rings. The molecule has 0 amide bonds. The van der Waals surface area contributed by atoms with Gasteiger partial charge in [0.05, 0.1) is 23.9 Å². The number of alkyl halides is 1. The summed E-state index contributed by atoms with van der Waals surface area (Å²) in [5.41, 5.74) is 2.19. The van der Waals surface area contributed by atoms with Gasteiger partial charge in [0.1, 0.15) is 18.1 Å². The molecule has 9 nitrogen and oxygen atoms in total. The lowest BCUT2D eigenvalue weighted by atomic mass is 9.74. The van der Waals surface area contributed by atoms with Crippen molar-refractivity contribution in [1.82, 2.24) is 30.3 Å². The number of aliphatic hydroxyl groups excluding tert-OH is 1. The molecule has 162 valence electrons. The Bertz CT molecular complexity index is 1080. The number of nitrogens with one attached hydrogen (secondary N) is 1. The minimum Gasteiger partial charge on any atom is -0.507 e. The molecule has 2 aliphatic heterocycles. The fraction of sp³-hybridized carbons (Fsp3) is 0.429. The molecule has 4 heterocycles. The van der Waals surface area contributed by atoms with Crippen LogP contribution in [0.1, 0.15) is 12.8 Å². The van der Waals surface area contributed by atoms with Crippen LogP contribution in [0, 0.1) is 5.92 Å². The smallest absolute Gasteiger partial charge is 0.185 e. The molecule has 0 spiro atoms. The van der Waals surface area contributed by atoms with Gasteiger partial charge in [0, 0.05) is 37.9 Å². The van der Waals surface area contributed by atoms with Crippen molar-refractivity contribution in [3.05, 3.63) is 36.8 Å². The summed E-state index contributed by atoms with van der Waals surface area (Å²) in [4.78, 5) is 6.20. The summed E-state index contributed by atoms with van der Waals surface area (Å²) in [6.45, 7) is 0. The van der Waals surface area contributed by atoms with Crippen molar-refractivity contribution in [2.45, 2.75) is 37.3 Å². The predicted molar refractivity (Wildman–Crippen MR) is 112 cm³/mol. The third-order valence-electron chi connectivity index (χ3n) is 6.35. The van der Waals surface area contributed by atoms with Gasteiger partial charge in [0.15, 0.2) is 11.6 Å². The first-order valence-electron chi connectivity index (χ1n) is 10.2. The van der Waals surface area contributed by atoms with Gasteiger partial charge in [-0.2, -0.15) is 5.10 Å². The number of aryl methyl sites for hydroxylation is 1. The van der Waals surface area contributed by atoms with E-state index in [1.165, 1.54) is 0 Å². The second-order valence-electron chi connectivity index (χ2n) is 8.33. The zero-order valence-corrected chi connectivity index (χ0v) is 17.2. The minimum absolute atomic E-state index is 0.0447. The maximum Gasteiger partial charge on any atom is 0.185 e. The van der Waals surface area contributed by atoms with E-state index in [1.807, 2.05) is 31.3 Å². The highest BCUT2D eigenvalue weighted by Crippen LogP contribution is 2.38. The summed E-state index contributed by atoms with van der Waals surface area (Å²) >= 11 is 0. The monoisotopic (exact) mass is 425 g/mol. The third kappa shape index (κ3) is 3.51. The van der Waals surface area contributed by atoms with Crippen LogP contribution in [-0.4, -0.2) is 66.7 Å². The fourth-order valence-electron chi connectivity index (χ4n) is 4.72. The number of halogens is 1. The maximum atomic E-state index is 14.4. The number of nitrogens with zero attached hydrogens (tertiary/aromatic N) is 6. The standard InChI is InChI=1S/C21H24FN7O2/c1-28-10-12(8-24-28)11-3-4-14(17(30)5-11)20-23-9-18(26-27-20)29(2)16-7-13-6-15(22)19(16)21(31)25-13/h3-5,8-10,13,15-16,19,21,25,30-31H,6-7H2,1-2H3/t13?,15-,16+,19?,21+/m1/s1. The minimum atomic E-state index is -1.06. The second kappa shape index (κ2) is 7.54. The molecule has 10 heteroatoms. The molecule has 1 saturated carbocycles. The summed E-state index contributed by atoms with van der Waals surface area (Å²) in [7, 11) is 3.65. The van der Waals surface area contributed by atoms with E-state index in [0.717, 1.165) is 17.5 Å². The van der Waals surface area contributed by atoms with E-state index in [9.17, 15) is 14.6 Å². The highest BCUT2D eigenvalue weighted by molar-refractivity contribution is 5.72. The first kappa shape index (κ1) is 19.8. The van der Waals surface area contributed by atoms with Gasteiger partial charge in [0.2, 0.25) is 0 Å². The lowest BCUT2D eigenvalue weighted by molar-refractivity contribution is -0.0649. The van der Waals surface area contributed by atoms with E-state index in [1.54, 1.807) is 29.2 Å². The van der Waals surface area contributed by atoms with Crippen LogP contribution in [-0.2, 0) is 7.05 Å². The van der Waals surface area contributed by atoms with E-state index < -0.39 is 18.3 Å². The fourth-order valence-corrected chi connectivity index (χ4v) is 4.72. The highest BCUT2D eigenvalue weighted by Gasteiger charge is 2.49. The van der Waals surface area contributed by atoms with Gasteiger partial charge in [-0.1, -0.05) is 6.07 Å². The molecular weight excluding hydrogens is 401 g/mol. The zero-order chi connectivity index (χ0) is 21.7. The van der Waals surface area contributed by atoms with E-state index in [2.05, 4.69) is 25.6 Å². The molecule has 0 radical (unpaired) electrons. The van der Waals surface area contributed by atoms with Gasteiger partial charge in [-0.25, -0.2) is 9.37 Å². The quantitative estimate of drug-likeness (QED) is 0.576. The zero-order valence-electron chi connectivity index (χ0n) is 17.2. The Balaban J connectivity index is 1.36. The van der Waals surface area contributed by atoms with Crippen molar-refractivity contribution in [3.8, 4) is 28.3 Å². The molecule has 2 aromatic heterocycles. The van der Waals surface area contributed by atoms with Crippen molar-refractivity contribution in [3.63, 3.8) is 0 Å². The van der Waals surface area contributed by atoms with Gasteiger partial charge in [-0.3, -0.25) is 10.00 Å². The Hall–Kier alpha value is -3.11. The van der Waals surface area contributed by atoms with Crippen LogP contribution in [0.3, 0.4) is 0 Å². The number of rotatable bonds is 4. The summed E-state index contributed by atoms with van der Waals surface area (Å²) in [5, 5.41) is 36.3. The number of phenols is 1. The number of aliphatic hydroxyl groups is 1. The number of piperidine rings is 2. The molecule has 2 saturated heterocycles. The van der Waals surface area contributed by atoms with Crippen molar-refractivity contribution in [2.75, 3.05) is 11.9 Å². The molecule has 31 heavy (non-hydrogen) atoms. The summed E-state index contributed by atoms with van der Waals surface area (Å²) < 4.78 is 16.1. The Morgan fingerprint density at radius 1 is 1.19 bits per heavy atom. The molecule has 3 N–H and O–H groups in total. The van der Waals surface area contributed by atoms with Gasteiger partial charge >= 0.3 is 0 Å². The summed E-state index contributed by atoms with van der Waals surface area (Å²) in [6, 6.07) is 5.00. The lowest BCUT2D eigenvalue weighted by Crippen LogP contribution is -2.66. The predicted octanol–water partition coefficient (Wildman–Crippen LogP) is 1.49. The summed E-state index contributed by atoms with van der Waals surface area (Å²) in [5.74, 6) is 0.304. The topological polar surface area (TPSA) is 112 Å². The highest BCUT2D eigenvalue weighted by atomic mass is 19.1. The van der Waals surface area contributed by atoms with E-state index in [-0.39, 0.29) is 17.8 Å². The number of benzene rings is 1. The number of phenolic OH excluding ortho intramolecular Hbond substituents is 1. The Labute approximate surface area is 178 Å². The molecule has 2 bridgehead atoms. The van der Waals surface area contributed by atoms with Crippen molar-refractivity contribution in [1.29, 1.82) is 0 Å². The van der Waals surface area contributed by atoms with Crippen LogP contribution in [0.5, 0.6) is 5.75 Å². The van der Waals surface area contributed by atoms with Crippen LogP contribution in [0.2, 0.25) is 0 Å². The number of anilines is 1. The van der Waals surface area contributed by atoms with Gasteiger partial charge in [0.25, 0.3) is 0 Å². The molecule has 1 aliphatic carbocycles. The van der Waals surface area contributed by atoms with Crippen LogP contribution in [0.15, 0.2) is 36.8 Å². The number of aromatic hydroxyl groups is 1. The van der Waals surface area contributed by atoms with E-state index >= 15 is 0 Å². The molecule has 3 fully saturated rings. The molecule has 5 atom stereocenters. The van der Waals surface area contributed by atoms with Crippen LogP contribution < -0.4 is 10.2 Å². The first-order valence-corrected chi connectivity index (χ1v) is 10.2.